The number of nitrogens with zero attached hydrogens (tertiary/aromatic N) is 1. The summed E-state index contributed by atoms with van der Waals surface area (Å²) in [6.07, 6.45) is 5.38. The van der Waals surface area contributed by atoms with Crippen LogP contribution in [0.25, 0.3) is 5.57 Å². The molecule has 1 aromatic carbocycles. The highest BCUT2D eigenvalue weighted by Gasteiger charge is 2.03. The van der Waals surface area contributed by atoms with Gasteiger partial charge in [-0.2, -0.15) is 0 Å². The van der Waals surface area contributed by atoms with Gasteiger partial charge >= 0.3 is 0 Å². The molecular formula is C16H23N. The van der Waals surface area contributed by atoms with Crippen molar-refractivity contribution in [2.45, 2.75) is 47.0 Å². The van der Waals surface area contributed by atoms with Crippen LogP contribution in [0, 0.1) is 0 Å². The Morgan fingerprint density at radius 1 is 1.12 bits per heavy atom. The van der Waals surface area contributed by atoms with Crippen LogP contribution in [-0.2, 0) is 0 Å². The summed E-state index contributed by atoms with van der Waals surface area (Å²) in [6.45, 7) is 8.66. The highest BCUT2D eigenvalue weighted by molar-refractivity contribution is 5.88. The number of para-hydroxylation sites is 1. The van der Waals surface area contributed by atoms with E-state index in [1.807, 2.05) is 0 Å². The Bertz CT molecular complexity index is 407. The molecule has 17 heavy (non-hydrogen) atoms. The highest BCUT2D eigenvalue weighted by atomic mass is 14.7. The van der Waals surface area contributed by atoms with E-state index in [4.69, 9.17) is 4.99 Å². The number of aliphatic imine (C=N–C) groups is 1. The van der Waals surface area contributed by atoms with Crippen molar-refractivity contribution < 1.29 is 0 Å². The van der Waals surface area contributed by atoms with Crippen LogP contribution in [0.4, 0.5) is 5.69 Å². The lowest BCUT2D eigenvalue weighted by Gasteiger charge is -2.07. The molecular weight excluding hydrogens is 206 g/mol. The third-order valence-electron chi connectivity index (χ3n) is 2.93. The molecule has 0 bridgehead atoms. The first-order valence-electron chi connectivity index (χ1n) is 6.55. The molecule has 1 nitrogen and oxygen atoms in total. The molecule has 0 N–H and O–H groups in total. The minimum Gasteiger partial charge on any atom is -0.257 e. The zero-order valence-corrected chi connectivity index (χ0v) is 11.5. The van der Waals surface area contributed by atoms with Gasteiger partial charge in [0, 0.05) is 11.3 Å². The summed E-state index contributed by atoms with van der Waals surface area (Å²) in [5, 5.41) is 0. The summed E-state index contributed by atoms with van der Waals surface area (Å²) in [4.78, 5) is 4.77. The van der Waals surface area contributed by atoms with Crippen molar-refractivity contribution in [3.05, 3.63) is 35.9 Å². The zero-order chi connectivity index (χ0) is 12.7. The second kappa shape index (κ2) is 7.05. The molecule has 0 radical (unpaired) electrons. The first-order chi connectivity index (χ1) is 8.22. The molecule has 0 aliphatic heterocycles. The zero-order valence-electron chi connectivity index (χ0n) is 11.5. The van der Waals surface area contributed by atoms with Gasteiger partial charge in [0.25, 0.3) is 0 Å². The van der Waals surface area contributed by atoms with E-state index in [1.54, 1.807) is 0 Å². The quantitative estimate of drug-likeness (QED) is 0.600. The first-order valence-corrected chi connectivity index (χ1v) is 6.55. The van der Waals surface area contributed by atoms with Crippen LogP contribution in [0.3, 0.4) is 0 Å². The SMILES string of the molecule is CC/C=C(/C)c1ccccc1N=C(CC)CC. The number of hydrogen-bond donors (Lipinski definition) is 0. The predicted molar refractivity (Wildman–Crippen MR) is 78.1 cm³/mol. The fraction of sp³-hybridized carbons (Fsp3) is 0.438. The van der Waals surface area contributed by atoms with Crippen LogP contribution in [0.1, 0.15) is 52.5 Å². The molecule has 0 saturated carbocycles. The average molecular weight is 229 g/mol. The summed E-state index contributed by atoms with van der Waals surface area (Å²) >= 11 is 0. The number of benzene rings is 1. The van der Waals surface area contributed by atoms with E-state index in [1.165, 1.54) is 16.8 Å². The molecule has 0 fully saturated rings. The lowest BCUT2D eigenvalue weighted by molar-refractivity contribution is 1.15. The third-order valence-corrected chi connectivity index (χ3v) is 2.93. The molecule has 0 aromatic heterocycles. The van der Waals surface area contributed by atoms with E-state index in [-0.39, 0.29) is 0 Å². The summed E-state index contributed by atoms with van der Waals surface area (Å²) < 4.78 is 0. The monoisotopic (exact) mass is 229 g/mol. The van der Waals surface area contributed by atoms with E-state index >= 15 is 0 Å². The van der Waals surface area contributed by atoms with E-state index < -0.39 is 0 Å². The van der Waals surface area contributed by atoms with Crippen LogP contribution in [0.2, 0.25) is 0 Å². The third kappa shape index (κ3) is 3.85. The topological polar surface area (TPSA) is 12.4 Å². The van der Waals surface area contributed by atoms with Gasteiger partial charge in [0.05, 0.1) is 5.69 Å². The largest absolute Gasteiger partial charge is 0.257 e. The van der Waals surface area contributed by atoms with Gasteiger partial charge in [-0.15, -0.1) is 0 Å². The fourth-order valence-corrected chi connectivity index (χ4v) is 1.90. The standard InChI is InChI=1S/C16H23N/c1-5-10-13(4)15-11-8-9-12-16(15)17-14(6-2)7-3/h8-12H,5-7H2,1-4H3/b13-10-. The van der Waals surface area contributed by atoms with Crippen molar-refractivity contribution in [3.63, 3.8) is 0 Å². The maximum Gasteiger partial charge on any atom is 0.0703 e. The van der Waals surface area contributed by atoms with Crippen LogP contribution >= 0.6 is 0 Å². The van der Waals surface area contributed by atoms with Crippen LogP contribution < -0.4 is 0 Å². The molecule has 0 heterocycles. The van der Waals surface area contributed by atoms with Gasteiger partial charge in [-0.1, -0.05) is 45.0 Å². The second-order valence-electron chi connectivity index (χ2n) is 4.20. The van der Waals surface area contributed by atoms with Gasteiger partial charge in [0.1, 0.15) is 0 Å². The molecule has 0 unspecified atom stereocenters. The number of allylic oxidation sites excluding steroid dienone is 2. The molecule has 92 valence electrons. The van der Waals surface area contributed by atoms with Crippen molar-refractivity contribution in [2.24, 2.45) is 4.99 Å². The van der Waals surface area contributed by atoms with Crippen molar-refractivity contribution >= 4 is 17.0 Å². The Hall–Kier alpha value is -1.37. The minimum absolute atomic E-state index is 1.03. The van der Waals surface area contributed by atoms with Gasteiger partial charge in [-0.3, -0.25) is 4.99 Å². The summed E-state index contributed by atoms with van der Waals surface area (Å²) in [5.74, 6) is 0. The van der Waals surface area contributed by atoms with Crippen LogP contribution in [-0.4, -0.2) is 5.71 Å². The predicted octanol–water partition coefficient (Wildman–Crippen LogP) is 5.39. The van der Waals surface area contributed by atoms with E-state index in [2.05, 4.69) is 58.0 Å². The van der Waals surface area contributed by atoms with Crippen LogP contribution in [0.5, 0.6) is 0 Å². The van der Waals surface area contributed by atoms with E-state index in [0.29, 0.717) is 0 Å². The summed E-state index contributed by atoms with van der Waals surface area (Å²) in [6, 6.07) is 8.40. The van der Waals surface area contributed by atoms with Crippen molar-refractivity contribution in [1.82, 2.24) is 0 Å². The van der Waals surface area contributed by atoms with Gasteiger partial charge in [0.15, 0.2) is 0 Å². The highest BCUT2D eigenvalue weighted by Crippen LogP contribution is 2.26. The maximum absolute atomic E-state index is 4.77. The van der Waals surface area contributed by atoms with E-state index in [9.17, 15) is 0 Å². The number of rotatable bonds is 5. The average Bonchev–Trinajstić information content (AvgIpc) is 2.36. The Kier molecular flexibility index (Phi) is 5.68. The second-order valence-corrected chi connectivity index (χ2v) is 4.20. The van der Waals surface area contributed by atoms with Crippen molar-refractivity contribution in [2.75, 3.05) is 0 Å². The Labute approximate surface area is 105 Å². The molecule has 1 heteroatoms. The Morgan fingerprint density at radius 2 is 1.76 bits per heavy atom. The van der Waals surface area contributed by atoms with Crippen molar-refractivity contribution in [1.29, 1.82) is 0 Å². The van der Waals surface area contributed by atoms with Gasteiger partial charge in [0.2, 0.25) is 0 Å². The first kappa shape index (κ1) is 13.7. The number of hydrogen-bond acceptors (Lipinski definition) is 1. The fourth-order valence-electron chi connectivity index (χ4n) is 1.90. The smallest absolute Gasteiger partial charge is 0.0703 e. The minimum atomic E-state index is 1.03. The Balaban J connectivity index is 3.16. The normalized spacial score (nSPS) is 11.4. The molecule has 0 spiro atoms. The van der Waals surface area contributed by atoms with Gasteiger partial charge in [-0.05, 0) is 37.8 Å². The molecule has 1 rings (SSSR count). The lowest BCUT2D eigenvalue weighted by atomic mass is 10.0. The molecule has 0 amide bonds. The summed E-state index contributed by atoms with van der Waals surface area (Å²) in [7, 11) is 0. The maximum atomic E-state index is 4.77. The summed E-state index contributed by atoms with van der Waals surface area (Å²) in [5.41, 5.74) is 4.95. The molecule has 0 aliphatic carbocycles. The van der Waals surface area contributed by atoms with Crippen LogP contribution in [0.15, 0.2) is 35.3 Å². The molecule has 0 atom stereocenters. The Morgan fingerprint density at radius 3 is 2.35 bits per heavy atom. The molecule has 0 aliphatic rings. The molecule has 0 saturated heterocycles. The van der Waals surface area contributed by atoms with Gasteiger partial charge < -0.3 is 0 Å². The molecule has 1 aromatic rings. The van der Waals surface area contributed by atoms with Gasteiger partial charge in [-0.25, -0.2) is 0 Å². The van der Waals surface area contributed by atoms with E-state index in [0.717, 1.165) is 24.9 Å². The lowest BCUT2D eigenvalue weighted by Crippen LogP contribution is -1.92. The van der Waals surface area contributed by atoms with Crippen molar-refractivity contribution in [3.8, 4) is 0 Å².